The number of rotatable bonds is 4. The van der Waals surface area contributed by atoms with E-state index in [9.17, 15) is 4.79 Å². The van der Waals surface area contributed by atoms with Crippen LogP contribution in [0.4, 0.5) is 0 Å². The van der Waals surface area contributed by atoms with E-state index in [1.807, 2.05) is 35.4 Å². The number of hydrogen-bond acceptors (Lipinski definition) is 4. The molecule has 1 spiro atoms. The summed E-state index contributed by atoms with van der Waals surface area (Å²) in [6.45, 7) is 2.18. The Morgan fingerprint density at radius 1 is 1.26 bits per heavy atom. The first-order chi connectivity index (χ1) is 13.2. The lowest BCUT2D eigenvalue weighted by molar-refractivity contribution is -0.140. The molecule has 1 saturated heterocycles. The van der Waals surface area contributed by atoms with Gasteiger partial charge >= 0.3 is 0 Å². The van der Waals surface area contributed by atoms with Crippen LogP contribution in [0, 0.1) is 0 Å². The van der Waals surface area contributed by atoms with Crippen LogP contribution in [0.5, 0.6) is 5.75 Å². The van der Waals surface area contributed by atoms with Crippen LogP contribution in [0.15, 0.2) is 42.7 Å². The zero-order chi connectivity index (χ0) is 18.7. The van der Waals surface area contributed by atoms with Crippen LogP contribution in [0.3, 0.4) is 0 Å². The average molecular weight is 366 g/mol. The van der Waals surface area contributed by atoms with Crippen molar-refractivity contribution in [3.05, 3.63) is 59.4 Å². The first kappa shape index (κ1) is 18.0. The second-order valence-corrected chi connectivity index (χ2v) is 7.33. The van der Waals surface area contributed by atoms with E-state index < -0.39 is 0 Å². The molecule has 3 heterocycles. The summed E-state index contributed by atoms with van der Waals surface area (Å²) in [5.74, 6) is 1.12. The highest BCUT2D eigenvalue weighted by Crippen LogP contribution is 2.45. The SMILES string of the molecule is COc1cccc2c1C1(CCN(C(=O)CCc3cccnc3)CC1)OCC2. The van der Waals surface area contributed by atoms with Crippen LogP contribution in [-0.2, 0) is 28.0 Å². The fourth-order valence-electron chi connectivity index (χ4n) is 4.37. The van der Waals surface area contributed by atoms with E-state index >= 15 is 0 Å². The third-order valence-corrected chi connectivity index (χ3v) is 5.81. The van der Waals surface area contributed by atoms with Crippen LogP contribution in [0.1, 0.15) is 36.0 Å². The van der Waals surface area contributed by atoms with Crippen LogP contribution in [-0.4, -0.2) is 42.6 Å². The van der Waals surface area contributed by atoms with Crippen molar-refractivity contribution in [3.8, 4) is 5.75 Å². The highest BCUT2D eigenvalue weighted by atomic mass is 16.5. The number of piperidine rings is 1. The minimum atomic E-state index is -0.319. The molecule has 0 bridgehead atoms. The standard InChI is InChI=1S/C22H26N2O3/c1-26-19-6-2-5-18-9-15-27-22(21(18)19)10-13-24(14-11-22)20(25)8-7-17-4-3-12-23-16-17/h2-6,12,16H,7-11,13-15H2,1H3. The molecule has 0 N–H and O–H groups in total. The lowest BCUT2D eigenvalue weighted by Gasteiger charge is -2.45. The molecule has 2 aromatic rings. The van der Waals surface area contributed by atoms with Crippen molar-refractivity contribution in [2.75, 3.05) is 26.8 Å². The van der Waals surface area contributed by atoms with Gasteiger partial charge < -0.3 is 14.4 Å². The lowest BCUT2D eigenvalue weighted by atomic mass is 9.78. The zero-order valence-electron chi connectivity index (χ0n) is 15.8. The number of fused-ring (bicyclic) bond motifs is 2. The molecule has 4 rings (SSSR count). The first-order valence-electron chi connectivity index (χ1n) is 9.69. The van der Waals surface area contributed by atoms with Gasteiger partial charge in [0.2, 0.25) is 5.91 Å². The van der Waals surface area contributed by atoms with E-state index in [1.165, 1.54) is 11.1 Å². The molecule has 5 nitrogen and oxygen atoms in total. The number of aromatic nitrogens is 1. The zero-order valence-corrected chi connectivity index (χ0v) is 15.8. The van der Waals surface area contributed by atoms with E-state index in [2.05, 4.69) is 11.1 Å². The number of amides is 1. The summed E-state index contributed by atoms with van der Waals surface area (Å²) in [5, 5.41) is 0. The highest BCUT2D eigenvalue weighted by Gasteiger charge is 2.43. The van der Waals surface area contributed by atoms with E-state index in [0.29, 0.717) is 6.42 Å². The van der Waals surface area contributed by atoms with Crippen molar-refractivity contribution in [1.29, 1.82) is 0 Å². The van der Waals surface area contributed by atoms with E-state index in [0.717, 1.165) is 56.7 Å². The van der Waals surface area contributed by atoms with Crippen molar-refractivity contribution in [2.24, 2.45) is 0 Å². The van der Waals surface area contributed by atoms with Gasteiger partial charge in [0.05, 0.1) is 13.7 Å². The number of pyridine rings is 1. The number of carbonyl (C=O) groups is 1. The number of likely N-dealkylation sites (tertiary alicyclic amines) is 1. The summed E-state index contributed by atoms with van der Waals surface area (Å²) in [7, 11) is 1.72. The maximum absolute atomic E-state index is 12.7. The van der Waals surface area contributed by atoms with Gasteiger partial charge in [-0.15, -0.1) is 0 Å². The Balaban J connectivity index is 1.43. The lowest BCUT2D eigenvalue weighted by Crippen LogP contribution is -2.48. The minimum Gasteiger partial charge on any atom is -0.496 e. The normalized spacial score (nSPS) is 18.2. The van der Waals surface area contributed by atoms with Gasteiger partial charge in [-0.2, -0.15) is 0 Å². The molecule has 0 aliphatic carbocycles. The third-order valence-electron chi connectivity index (χ3n) is 5.81. The molecule has 0 saturated carbocycles. The van der Waals surface area contributed by atoms with Crippen LogP contribution < -0.4 is 4.74 Å². The molecule has 2 aliphatic heterocycles. The molecule has 0 unspecified atom stereocenters. The van der Waals surface area contributed by atoms with Crippen molar-refractivity contribution >= 4 is 5.91 Å². The minimum absolute atomic E-state index is 0.213. The van der Waals surface area contributed by atoms with Gasteiger partial charge in [0.25, 0.3) is 0 Å². The van der Waals surface area contributed by atoms with Gasteiger partial charge in [0.1, 0.15) is 11.4 Å². The molecule has 0 radical (unpaired) electrons. The molecule has 0 atom stereocenters. The maximum atomic E-state index is 12.7. The van der Waals surface area contributed by atoms with Gasteiger partial charge in [-0.25, -0.2) is 0 Å². The van der Waals surface area contributed by atoms with E-state index in [1.54, 1.807) is 13.3 Å². The number of carbonyl (C=O) groups excluding carboxylic acids is 1. The Kier molecular flexibility index (Phi) is 5.12. The monoisotopic (exact) mass is 366 g/mol. The quantitative estimate of drug-likeness (QED) is 0.834. The summed E-state index contributed by atoms with van der Waals surface area (Å²) in [6.07, 6.45) is 7.41. The Morgan fingerprint density at radius 2 is 2.11 bits per heavy atom. The third kappa shape index (κ3) is 3.56. The molecular formula is C22H26N2O3. The van der Waals surface area contributed by atoms with Gasteiger partial charge in [0, 0.05) is 37.5 Å². The van der Waals surface area contributed by atoms with Gasteiger partial charge in [-0.1, -0.05) is 18.2 Å². The van der Waals surface area contributed by atoms with Crippen molar-refractivity contribution in [1.82, 2.24) is 9.88 Å². The Labute approximate surface area is 160 Å². The molecular weight excluding hydrogens is 340 g/mol. The fraction of sp³-hybridized carbons (Fsp3) is 0.455. The molecule has 2 aliphatic rings. The first-order valence-corrected chi connectivity index (χ1v) is 9.69. The fourth-order valence-corrected chi connectivity index (χ4v) is 4.37. The highest BCUT2D eigenvalue weighted by molar-refractivity contribution is 5.76. The van der Waals surface area contributed by atoms with Crippen LogP contribution >= 0.6 is 0 Å². The summed E-state index contributed by atoms with van der Waals surface area (Å²) in [6, 6.07) is 10.2. The average Bonchev–Trinajstić information content (AvgIpc) is 2.73. The van der Waals surface area contributed by atoms with Crippen molar-refractivity contribution in [3.63, 3.8) is 0 Å². The van der Waals surface area contributed by atoms with Crippen molar-refractivity contribution in [2.45, 2.75) is 37.7 Å². The molecule has 1 aromatic carbocycles. The second kappa shape index (κ2) is 7.69. The molecule has 1 fully saturated rings. The summed E-state index contributed by atoms with van der Waals surface area (Å²) >= 11 is 0. The van der Waals surface area contributed by atoms with E-state index in [-0.39, 0.29) is 11.5 Å². The van der Waals surface area contributed by atoms with Gasteiger partial charge in [0.15, 0.2) is 0 Å². The summed E-state index contributed by atoms with van der Waals surface area (Å²) < 4.78 is 11.9. The number of methoxy groups -OCH3 is 1. The number of benzene rings is 1. The molecule has 27 heavy (non-hydrogen) atoms. The molecule has 1 aromatic heterocycles. The largest absolute Gasteiger partial charge is 0.496 e. The molecule has 142 valence electrons. The number of aryl methyl sites for hydroxylation is 1. The number of nitrogens with zero attached hydrogens (tertiary/aromatic N) is 2. The predicted molar refractivity (Wildman–Crippen MR) is 103 cm³/mol. The second-order valence-electron chi connectivity index (χ2n) is 7.33. The van der Waals surface area contributed by atoms with E-state index in [4.69, 9.17) is 9.47 Å². The Hall–Kier alpha value is -2.40. The number of ether oxygens (including phenoxy) is 2. The Morgan fingerprint density at radius 3 is 2.85 bits per heavy atom. The molecule has 1 amide bonds. The Bertz CT molecular complexity index is 784. The van der Waals surface area contributed by atoms with Gasteiger partial charge in [-0.3, -0.25) is 9.78 Å². The maximum Gasteiger partial charge on any atom is 0.222 e. The number of hydrogen-bond donors (Lipinski definition) is 0. The molecule has 5 heteroatoms. The van der Waals surface area contributed by atoms with Gasteiger partial charge in [-0.05, 0) is 48.9 Å². The van der Waals surface area contributed by atoms with Crippen LogP contribution in [0.2, 0.25) is 0 Å². The summed E-state index contributed by atoms with van der Waals surface area (Å²) in [4.78, 5) is 18.7. The summed E-state index contributed by atoms with van der Waals surface area (Å²) in [5.41, 5.74) is 3.30. The smallest absolute Gasteiger partial charge is 0.222 e. The predicted octanol–water partition coefficient (Wildman–Crippen LogP) is 3.11. The van der Waals surface area contributed by atoms with Crippen LogP contribution in [0.25, 0.3) is 0 Å². The van der Waals surface area contributed by atoms with Crippen molar-refractivity contribution < 1.29 is 14.3 Å². The topological polar surface area (TPSA) is 51.7 Å².